The highest BCUT2D eigenvalue weighted by molar-refractivity contribution is 6.31. The minimum absolute atomic E-state index is 0.147. The van der Waals surface area contributed by atoms with Crippen LogP contribution in [0.1, 0.15) is 26.3 Å². The Bertz CT molecular complexity index is 473. The maximum Gasteiger partial charge on any atom is 0.232 e. The van der Waals surface area contributed by atoms with Gasteiger partial charge in [-0.25, -0.2) is 0 Å². The summed E-state index contributed by atoms with van der Waals surface area (Å²) in [6, 6.07) is 7.94. The summed E-state index contributed by atoms with van der Waals surface area (Å²) in [5, 5.41) is 4.01. The molecule has 0 bridgehead atoms. The second-order valence-electron chi connectivity index (χ2n) is 5.71. The van der Waals surface area contributed by atoms with E-state index < -0.39 is 5.41 Å². The summed E-state index contributed by atoms with van der Waals surface area (Å²) in [5.74, 6) is 0.147. The van der Waals surface area contributed by atoms with Crippen molar-refractivity contribution < 1.29 is 4.79 Å². The van der Waals surface area contributed by atoms with Crippen molar-refractivity contribution in [2.24, 2.45) is 0 Å². The minimum Gasteiger partial charge on any atom is -0.339 e. The maximum atomic E-state index is 12.8. The molecule has 4 heteroatoms. The van der Waals surface area contributed by atoms with Crippen LogP contribution in [-0.2, 0) is 10.2 Å². The third-order valence-electron chi connectivity index (χ3n) is 3.74. The fraction of sp³-hybridized carbons (Fsp3) is 0.533. The fourth-order valence-corrected chi connectivity index (χ4v) is 2.97. The number of carbonyl (C=O) groups excluding carboxylic acids is 1. The van der Waals surface area contributed by atoms with Gasteiger partial charge in [0, 0.05) is 30.7 Å². The summed E-state index contributed by atoms with van der Waals surface area (Å²) in [6.45, 7) is 8.36. The van der Waals surface area contributed by atoms with Crippen LogP contribution in [0.15, 0.2) is 24.3 Å². The summed E-state index contributed by atoms with van der Waals surface area (Å²) in [5.41, 5.74) is 0.308. The van der Waals surface area contributed by atoms with Gasteiger partial charge < -0.3 is 10.2 Å². The lowest BCUT2D eigenvalue weighted by molar-refractivity contribution is -0.137. The van der Waals surface area contributed by atoms with Gasteiger partial charge in [0.2, 0.25) is 5.91 Å². The number of nitrogens with zero attached hydrogens (tertiary/aromatic N) is 1. The Kier molecular flexibility index (Phi) is 4.16. The van der Waals surface area contributed by atoms with Crippen LogP contribution in [-0.4, -0.2) is 36.5 Å². The lowest BCUT2D eigenvalue weighted by Crippen LogP contribution is -2.55. The van der Waals surface area contributed by atoms with Crippen molar-refractivity contribution in [3.8, 4) is 0 Å². The predicted octanol–water partition coefficient (Wildman–Crippen LogP) is 2.44. The largest absolute Gasteiger partial charge is 0.339 e. The van der Waals surface area contributed by atoms with Gasteiger partial charge in [-0.05, 0) is 32.4 Å². The van der Waals surface area contributed by atoms with Crippen LogP contribution in [0.2, 0.25) is 5.02 Å². The molecule has 0 aliphatic carbocycles. The van der Waals surface area contributed by atoms with E-state index in [4.69, 9.17) is 11.6 Å². The van der Waals surface area contributed by atoms with Crippen molar-refractivity contribution >= 4 is 17.5 Å². The Morgan fingerprint density at radius 3 is 2.74 bits per heavy atom. The Morgan fingerprint density at radius 2 is 2.11 bits per heavy atom. The van der Waals surface area contributed by atoms with E-state index in [2.05, 4.69) is 12.2 Å². The molecule has 1 unspecified atom stereocenters. The molecule has 1 aliphatic heterocycles. The number of hydrogen-bond acceptors (Lipinski definition) is 2. The lowest BCUT2D eigenvalue weighted by Gasteiger charge is -2.37. The normalized spacial score (nSPS) is 20.4. The van der Waals surface area contributed by atoms with Crippen molar-refractivity contribution in [3.63, 3.8) is 0 Å². The fourth-order valence-electron chi connectivity index (χ4n) is 2.60. The molecule has 1 atom stereocenters. The van der Waals surface area contributed by atoms with Crippen LogP contribution < -0.4 is 5.32 Å². The summed E-state index contributed by atoms with van der Waals surface area (Å²) < 4.78 is 0. The number of carbonyl (C=O) groups is 1. The first kappa shape index (κ1) is 14.4. The average molecular weight is 281 g/mol. The first-order valence-electron chi connectivity index (χ1n) is 6.70. The lowest BCUT2D eigenvalue weighted by atomic mass is 9.83. The Morgan fingerprint density at radius 1 is 1.42 bits per heavy atom. The van der Waals surface area contributed by atoms with Crippen LogP contribution in [0, 0.1) is 0 Å². The molecule has 2 rings (SSSR count). The zero-order valence-electron chi connectivity index (χ0n) is 11.7. The van der Waals surface area contributed by atoms with Gasteiger partial charge in [-0.3, -0.25) is 4.79 Å². The van der Waals surface area contributed by atoms with E-state index in [-0.39, 0.29) is 5.91 Å². The van der Waals surface area contributed by atoms with E-state index in [1.165, 1.54) is 0 Å². The van der Waals surface area contributed by atoms with Crippen LogP contribution in [0.3, 0.4) is 0 Å². The minimum atomic E-state index is -0.588. The van der Waals surface area contributed by atoms with E-state index in [1.54, 1.807) is 0 Å². The third-order valence-corrected chi connectivity index (χ3v) is 4.07. The third kappa shape index (κ3) is 2.93. The molecule has 104 valence electrons. The first-order valence-corrected chi connectivity index (χ1v) is 7.08. The zero-order valence-corrected chi connectivity index (χ0v) is 12.5. The van der Waals surface area contributed by atoms with Gasteiger partial charge in [0.1, 0.15) is 0 Å². The summed E-state index contributed by atoms with van der Waals surface area (Å²) in [4.78, 5) is 14.7. The highest BCUT2D eigenvalue weighted by Gasteiger charge is 2.36. The number of piperazine rings is 1. The zero-order chi connectivity index (χ0) is 14.0. The van der Waals surface area contributed by atoms with Crippen molar-refractivity contribution in [2.75, 3.05) is 19.6 Å². The first-order chi connectivity index (χ1) is 8.93. The van der Waals surface area contributed by atoms with E-state index in [1.807, 2.05) is 43.0 Å². The van der Waals surface area contributed by atoms with Crippen LogP contribution in [0.5, 0.6) is 0 Å². The Labute approximate surface area is 119 Å². The molecular formula is C15H21ClN2O. The molecule has 0 spiro atoms. The average Bonchev–Trinajstić information content (AvgIpc) is 2.38. The molecule has 1 heterocycles. The monoisotopic (exact) mass is 280 g/mol. The molecule has 1 aromatic rings. The topological polar surface area (TPSA) is 32.3 Å². The number of hydrogen-bond donors (Lipinski definition) is 1. The summed E-state index contributed by atoms with van der Waals surface area (Å²) >= 11 is 6.24. The van der Waals surface area contributed by atoms with Crippen LogP contribution >= 0.6 is 11.6 Å². The number of halogens is 1. The summed E-state index contributed by atoms with van der Waals surface area (Å²) in [7, 11) is 0. The quantitative estimate of drug-likeness (QED) is 0.902. The molecule has 1 aliphatic rings. The molecule has 0 radical (unpaired) electrons. The molecule has 0 aromatic heterocycles. The molecule has 1 aromatic carbocycles. The molecule has 3 nitrogen and oxygen atoms in total. The Hall–Kier alpha value is -1.06. The van der Waals surface area contributed by atoms with Gasteiger partial charge in [-0.2, -0.15) is 0 Å². The van der Waals surface area contributed by atoms with Gasteiger partial charge in [0.05, 0.1) is 5.41 Å². The molecule has 1 saturated heterocycles. The highest BCUT2D eigenvalue weighted by atomic mass is 35.5. The second-order valence-corrected chi connectivity index (χ2v) is 6.12. The SMILES string of the molecule is CC1CN(C(=O)C(C)(C)c2ccccc2Cl)CCN1. The molecule has 1 amide bonds. The Balaban J connectivity index is 2.24. The van der Waals surface area contributed by atoms with E-state index >= 15 is 0 Å². The van der Waals surface area contributed by atoms with Gasteiger partial charge in [0.25, 0.3) is 0 Å². The van der Waals surface area contributed by atoms with Gasteiger partial charge in [-0.1, -0.05) is 29.8 Å². The van der Waals surface area contributed by atoms with Gasteiger partial charge >= 0.3 is 0 Å². The smallest absolute Gasteiger partial charge is 0.232 e. The van der Waals surface area contributed by atoms with Crippen molar-refractivity contribution in [2.45, 2.75) is 32.2 Å². The van der Waals surface area contributed by atoms with E-state index in [9.17, 15) is 4.79 Å². The summed E-state index contributed by atoms with van der Waals surface area (Å²) in [6.07, 6.45) is 0. The number of rotatable bonds is 2. The van der Waals surface area contributed by atoms with Crippen LogP contribution in [0.4, 0.5) is 0 Å². The molecule has 0 saturated carbocycles. The van der Waals surface area contributed by atoms with E-state index in [0.717, 1.165) is 25.2 Å². The highest BCUT2D eigenvalue weighted by Crippen LogP contribution is 2.31. The van der Waals surface area contributed by atoms with Gasteiger partial charge in [-0.15, -0.1) is 0 Å². The molecular weight excluding hydrogens is 260 g/mol. The van der Waals surface area contributed by atoms with Crippen molar-refractivity contribution in [3.05, 3.63) is 34.9 Å². The second kappa shape index (κ2) is 5.51. The standard InChI is InChI=1S/C15H21ClN2O/c1-11-10-18(9-8-17-11)14(19)15(2,3)12-6-4-5-7-13(12)16/h4-7,11,17H,8-10H2,1-3H3. The van der Waals surface area contributed by atoms with Gasteiger partial charge in [0.15, 0.2) is 0 Å². The molecule has 19 heavy (non-hydrogen) atoms. The molecule has 1 fully saturated rings. The van der Waals surface area contributed by atoms with Crippen molar-refractivity contribution in [1.29, 1.82) is 0 Å². The van der Waals surface area contributed by atoms with E-state index in [0.29, 0.717) is 11.1 Å². The number of amides is 1. The molecule has 1 N–H and O–H groups in total. The number of nitrogens with one attached hydrogen (secondary N) is 1. The maximum absolute atomic E-state index is 12.8. The number of benzene rings is 1. The van der Waals surface area contributed by atoms with Crippen molar-refractivity contribution in [1.82, 2.24) is 10.2 Å². The van der Waals surface area contributed by atoms with Crippen LogP contribution in [0.25, 0.3) is 0 Å². The predicted molar refractivity (Wildman–Crippen MR) is 78.5 cm³/mol.